The van der Waals surface area contributed by atoms with Crippen LogP contribution in [0.15, 0.2) is 24.3 Å². The summed E-state index contributed by atoms with van der Waals surface area (Å²) < 4.78 is 10.6. The average molecular weight is 379 g/mol. The molecular formula is C17H26BN3O6. The van der Waals surface area contributed by atoms with Crippen LogP contribution < -0.4 is 15.8 Å². The number of carbonyl (C=O) groups excluding carboxylic acids is 1. The Morgan fingerprint density at radius 2 is 2.15 bits per heavy atom. The Balaban J connectivity index is 2.98. The Hall–Kier alpha value is -2.59. The number of ether oxygens (including phenoxy) is 2. The largest absolute Gasteiger partial charge is 0.491 e. The van der Waals surface area contributed by atoms with Crippen molar-refractivity contribution in [1.29, 1.82) is 0 Å². The molecule has 1 rings (SSSR count). The number of hydrogen-bond acceptors (Lipinski definition) is 7. The molecule has 27 heavy (non-hydrogen) atoms. The summed E-state index contributed by atoms with van der Waals surface area (Å²) in [5, 5.41) is 23.6. The maximum Gasteiger partial charge on any atom is 0.296 e. The molecule has 1 aromatic rings. The van der Waals surface area contributed by atoms with E-state index in [1.807, 2.05) is 12.2 Å². The van der Waals surface area contributed by atoms with E-state index in [0.29, 0.717) is 32.3 Å². The monoisotopic (exact) mass is 379 g/mol. The fourth-order valence-corrected chi connectivity index (χ4v) is 2.26. The first kappa shape index (κ1) is 22.5. The molecule has 0 aromatic heterocycles. The van der Waals surface area contributed by atoms with E-state index in [1.165, 1.54) is 6.07 Å². The van der Waals surface area contributed by atoms with Gasteiger partial charge < -0.3 is 25.5 Å². The first-order valence-electron chi connectivity index (χ1n) is 8.67. The molecule has 0 saturated carbocycles. The fourth-order valence-electron chi connectivity index (χ4n) is 2.26. The zero-order valence-electron chi connectivity index (χ0n) is 15.6. The van der Waals surface area contributed by atoms with Crippen LogP contribution in [0.5, 0.6) is 5.75 Å². The van der Waals surface area contributed by atoms with Gasteiger partial charge in [0.25, 0.3) is 12.6 Å². The third-order valence-electron chi connectivity index (χ3n) is 3.63. The van der Waals surface area contributed by atoms with Crippen molar-refractivity contribution in [2.75, 3.05) is 32.2 Å². The van der Waals surface area contributed by atoms with Gasteiger partial charge in [0.05, 0.1) is 11.5 Å². The molecule has 4 N–H and O–H groups in total. The highest BCUT2D eigenvalue weighted by Gasteiger charge is 2.22. The van der Waals surface area contributed by atoms with Gasteiger partial charge in [0.2, 0.25) is 5.91 Å². The van der Waals surface area contributed by atoms with Crippen molar-refractivity contribution < 1.29 is 24.2 Å². The van der Waals surface area contributed by atoms with Gasteiger partial charge in [-0.3, -0.25) is 14.9 Å². The molecule has 1 aromatic carbocycles. The fraction of sp³-hybridized carbons (Fsp3) is 0.471. The van der Waals surface area contributed by atoms with E-state index >= 15 is 0 Å². The predicted octanol–water partition coefficient (Wildman–Crippen LogP) is 2.08. The lowest BCUT2D eigenvalue weighted by molar-refractivity contribution is -0.384. The summed E-state index contributed by atoms with van der Waals surface area (Å²) >= 11 is 0. The normalized spacial score (nSPS) is 10.8. The molecule has 0 aliphatic rings. The highest BCUT2D eigenvalue weighted by molar-refractivity contribution is 6.48. The van der Waals surface area contributed by atoms with Crippen molar-refractivity contribution in [3.8, 4) is 5.75 Å². The number of nitrogens with one attached hydrogen (secondary N) is 1. The molecule has 0 saturated heterocycles. The first-order chi connectivity index (χ1) is 12.9. The standard InChI is InChI=1S/C17H26BN3O6/c1-18(23)7-4-3-5-8-20-16-14(21(24)25)11-13(17(19)22)12-15(16)27-10-6-9-26-2/h3,5,11-12,20,23H,4,6-10H2,1-2H3,(H2,19,22)/b5-3+. The number of carbonyl (C=O) groups is 1. The summed E-state index contributed by atoms with van der Waals surface area (Å²) in [4.78, 5) is 22.3. The summed E-state index contributed by atoms with van der Waals surface area (Å²) in [5.41, 5.74) is 5.17. The number of nitrogens with two attached hydrogens (primary N) is 1. The number of nitro groups is 1. The van der Waals surface area contributed by atoms with Crippen molar-refractivity contribution in [2.24, 2.45) is 5.73 Å². The minimum atomic E-state index is -0.774. The minimum Gasteiger partial charge on any atom is -0.491 e. The van der Waals surface area contributed by atoms with Gasteiger partial charge in [-0.15, -0.1) is 0 Å². The molecule has 0 radical (unpaired) electrons. The van der Waals surface area contributed by atoms with Crippen LogP contribution in [0.2, 0.25) is 13.1 Å². The summed E-state index contributed by atoms with van der Waals surface area (Å²) in [6, 6.07) is 2.52. The van der Waals surface area contributed by atoms with E-state index in [9.17, 15) is 19.9 Å². The molecule has 9 nitrogen and oxygen atoms in total. The number of nitro benzene ring substituents is 1. The number of anilines is 1. The van der Waals surface area contributed by atoms with Crippen LogP contribution in [-0.2, 0) is 4.74 Å². The second-order valence-electron chi connectivity index (χ2n) is 5.96. The number of nitrogens with zero attached hydrogens (tertiary/aromatic N) is 1. The van der Waals surface area contributed by atoms with Gasteiger partial charge in [-0.25, -0.2) is 0 Å². The number of methoxy groups -OCH3 is 1. The first-order valence-corrected chi connectivity index (χ1v) is 8.67. The molecule has 0 bridgehead atoms. The minimum absolute atomic E-state index is 0.00136. The Morgan fingerprint density at radius 3 is 2.74 bits per heavy atom. The Labute approximate surface area is 158 Å². The quantitative estimate of drug-likeness (QED) is 0.157. The van der Waals surface area contributed by atoms with Crippen molar-refractivity contribution >= 4 is 24.2 Å². The predicted molar refractivity (Wildman–Crippen MR) is 104 cm³/mol. The number of primary amides is 1. The Bertz CT molecular complexity index is 666. The average Bonchev–Trinajstić information content (AvgIpc) is 2.61. The van der Waals surface area contributed by atoms with Gasteiger partial charge in [0.15, 0.2) is 5.69 Å². The second kappa shape index (κ2) is 11.9. The lowest BCUT2D eigenvalue weighted by Crippen LogP contribution is -2.14. The smallest absolute Gasteiger partial charge is 0.296 e. The van der Waals surface area contributed by atoms with Crippen molar-refractivity contribution in [3.63, 3.8) is 0 Å². The highest BCUT2D eigenvalue weighted by Crippen LogP contribution is 2.36. The van der Waals surface area contributed by atoms with Crippen molar-refractivity contribution in [3.05, 3.63) is 40.0 Å². The van der Waals surface area contributed by atoms with Crippen LogP contribution in [0.4, 0.5) is 11.4 Å². The van der Waals surface area contributed by atoms with Gasteiger partial charge in [0.1, 0.15) is 5.75 Å². The molecule has 10 heteroatoms. The van der Waals surface area contributed by atoms with E-state index in [4.69, 9.17) is 15.2 Å². The SMILES string of the molecule is COCCCOc1cc(C(N)=O)cc([N+](=O)[O-])c1NC/C=C/CCB(C)O. The molecule has 0 atom stereocenters. The topological polar surface area (TPSA) is 137 Å². The third kappa shape index (κ3) is 8.10. The summed E-state index contributed by atoms with van der Waals surface area (Å²) in [6.45, 7) is 2.41. The van der Waals surface area contributed by atoms with E-state index in [2.05, 4.69) is 5.32 Å². The van der Waals surface area contributed by atoms with Crippen molar-refractivity contribution in [2.45, 2.75) is 26.0 Å². The van der Waals surface area contributed by atoms with Crippen LogP contribution in [0.1, 0.15) is 23.2 Å². The number of allylic oxidation sites excluding steroid dienone is 1. The van der Waals surface area contributed by atoms with Crippen LogP contribution in [0.3, 0.4) is 0 Å². The van der Waals surface area contributed by atoms with Crippen LogP contribution in [0, 0.1) is 10.1 Å². The number of benzene rings is 1. The molecule has 1 amide bonds. The number of hydrogen-bond donors (Lipinski definition) is 3. The third-order valence-corrected chi connectivity index (χ3v) is 3.63. The van der Waals surface area contributed by atoms with E-state index < -0.39 is 10.8 Å². The Morgan fingerprint density at radius 1 is 1.41 bits per heavy atom. The van der Waals surface area contributed by atoms with Gasteiger partial charge in [0, 0.05) is 38.3 Å². The molecular weight excluding hydrogens is 353 g/mol. The molecule has 0 fully saturated rings. The summed E-state index contributed by atoms with van der Waals surface area (Å²) in [5.74, 6) is -0.587. The lowest BCUT2D eigenvalue weighted by Gasteiger charge is -2.14. The van der Waals surface area contributed by atoms with E-state index in [1.54, 1.807) is 13.9 Å². The zero-order chi connectivity index (χ0) is 20.2. The van der Waals surface area contributed by atoms with Crippen LogP contribution in [-0.4, -0.2) is 49.6 Å². The zero-order valence-corrected chi connectivity index (χ0v) is 15.6. The van der Waals surface area contributed by atoms with E-state index in [-0.39, 0.29) is 36.2 Å². The van der Waals surface area contributed by atoms with Crippen LogP contribution >= 0.6 is 0 Å². The molecule has 0 spiro atoms. The van der Waals surface area contributed by atoms with Gasteiger partial charge in [-0.2, -0.15) is 0 Å². The molecule has 0 aliphatic heterocycles. The summed E-state index contributed by atoms with van der Waals surface area (Å²) in [6.07, 6.45) is 5.61. The van der Waals surface area contributed by atoms with Gasteiger partial charge >= 0.3 is 0 Å². The number of amides is 1. The van der Waals surface area contributed by atoms with E-state index in [0.717, 1.165) is 6.07 Å². The van der Waals surface area contributed by atoms with Crippen molar-refractivity contribution in [1.82, 2.24) is 0 Å². The van der Waals surface area contributed by atoms with Gasteiger partial charge in [-0.1, -0.05) is 19.0 Å². The molecule has 0 aliphatic carbocycles. The molecule has 148 valence electrons. The van der Waals surface area contributed by atoms with Gasteiger partial charge in [-0.05, 0) is 18.8 Å². The van der Waals surface area contributed by atoms with Crippen LogP contribution in [0.25, 0.3) is 0 Å². The maximum atomic E-state index is 11.5. The number of rotatable bonds is 13. The molecule has 0 unspecified atom stereocenters. The maximum absolute atomic E-state index is 11.5. The second-order valence-corrected chi connectivity index (χ2v) is 5.96. The molecule has 0 heterocycles. The summed E-state index contributed by atoms with van der Waals surface area (Å²) in [7, 11) is 1.56. The highest BCUT2D eigenvalue weighted by atomic mass is 16.6. The Kier molecular flexibility index (Phi) is 9.91. The lowest BCUT2D eigenvalue weighted by atomic mass is 9.67.